The van der Waals surface area contributed by atoms with E-state index < -0.39 is 0 Å². The predicted octanol–water partition coefficient (Wildman–Crippen LogP) is 0.918. The fourth-order valence-electron chi connectivity index (χ4n) is 3.73. The maximum Gasteiger partial charge on any atom is 0.193 e. The minimum atomic E-state index is 0.483. The van der Waals surface area contributed by atoms with E-state index in [1.165, 1.54) is 0 Å². The second kappa shape index (κ2) is 9.87. The highest BCUT2D eigenvalue weighted by Gasteiger charge is 2.24. The van der Waals surface area contributed by atoms with Gasteiger partial charge in [0.15, 0.2) is 5.96 Å². The van der Waals surface area contributed by atoms with Gasteiger partial charge in [0.1, 0.15) is 12.2 Å². The third-order valence-electron chi connectivity index (χ3n) is 5.18. The van der Waals surface area contributed by atoms with Gasteiger partial charge in [-0.1, -0.05) is 6.92 Å². The lowest BCUT2D eigenvalue weighted by Gasteiger charge is -2.34. The van der Waals surface area contributed by atoms with Crippen LogP contribution in [0, 0.1) is 5.92 Å². The first-order chi connectivity index (χ1) is 12.8. The van der Waals surface area contributed by atoms with E-state index in [1.807, 2.05) is 0 Å². The number of guanidine groups is 1. The molecule has 8 heteroatoms. The minimum absolute atomic E-state index is 0.483. The van der Waals surface area contributed by atoms with Crippen molar-refractivity contribution >= 4 is 5.96 Å². The molecule has 8 nitrogen and oxygen atoms in total. The van der Waals surface area contributed by atoms with Crippen LogP contribution in [0.2, 0.25) is 0 Å². The van der Waals surface area contributed by atoms with E-state index in [2.05, 4.69) is 44.1 Å². The van der Waals surface area contributed by atoms with Crippen molar-refractivity contribution in [2.75, 3.05) is 59.0 Å². The molecule has 2 aliphatic heterocycles. The number of hydrogen-bond acceptors (Lipinski definition) is 5. The first kappa shape index (κ1) is 19.1. The summed E-state index contributed by atoms with van der Waals surface area (Å²) in [6, 6.07) is 0. The van der Waals surface area contributed by atoms with E-state index in [0.29, 0.717) is 11.8 Å². The maximum atomic E-state index is 5.43. The molecule has 1 aromatic heterocycles. The summed E-state index contributed by atoms with van der Waals surface area (Å²) in [5.41, 5.74) is 0. The standard InChI is InChI=1S/C18H33N7O/c1-3-19-18(20-12-15(2)13-24-8-10-26-11-9-24)25-6-4-16(5-7-25)17-21-14-22-23-17/h14-16H,3-13H2,1-2H3,(H,19,20)(H,21,22,23). The van der Waals surface area contributed by atoms with Crippen LogP contribution in [0.4, 0.5) is 0 Å². The summed E-state index contributed by atoms with van der Waals surface area (Å²) in [6.07, 6.45) is 3.77. The molecular formula is C18H33N7O. The summed E-state index contributed by atoms with van der Waals surface area (Å²) in [6.45, 7) is 13.1. The maximum absolute atomic E-state index is 5.43. The number of nitrogens with one attached hydrogen (secondary N) is 2. The fraction of sp³-hybridized carbons (Fsp3) is 0.833. The van der Waals surface area contributed by atoms with Crippen molar-refractivity contribution < 1.29 is 4.74 Å². The van der Waals surface area contributed by atoms with E-state index in [-0.39, 0.29) is 0 Å². The normalized spacial score (nSPS) is 21.8. The number of nitrogens with zero attached hydrogens (tertiary/aromatic N) is 5. The Kier molecular flexibility index (Phi) is 7.25. The van der Waals surface area contributed by atoms with Gasteiger partial charge in [-0.15, -0.1) is 0 Å². The number of aromatic nitrogens is 3. The number of aliphatic imine (C=N–C) groups is 1. The molecule has 26 heavy (non-hydrogen) atoms. The average Bonchev–Trinajstić information content (AvgIpc) is 3.21. The van der Waals surface area contributed by atoms with Gasteiger partial charge in [-0.2, -0.15) is 5.10 Å². The molecule has 0 saturated carbocycles. The molecule has 0 aliphatic carbocycles. The van der Waals surface area contributed by atoms with Crippen molar-refractivity contribution in [2.24, 2.45) is 10.9 Å². The molecule has 3 rings (SSSR count). The van der Waals surface area contributed by atoms with E-state index >= 15 is 0 Å². The molecule has 0 bridgehead atoms. The van der Waals surface area contributed by atoms with Crippen molar-refractivity contribution in [2.45, 2.75) is 32.6 Å². The Labute approximate surface area is 156 Å². The molecule has 146 valence electrons. The van der Waals surface area contributed by atoms with Gasteiger partial charge in [0.25, 0.3) is 0 Å². The number of ether oxygens (including phenoxy) is 1. The largest absolute Gasteiger partial charge is 0.379 e. The van der Waals surface area contributed by atoms with Crippen LogP contribution in [-0.2, 0) is 4.74 Å². The summed E-state index contributed by atoms with van der Waals surface area (Å²) in [5.74, 6) is 3.11. The Hall–Kier alpha value is -1.67. The highest BCUT2D eigenvalue weighted by molar-refractivity contribution is 5.80. The lowest BCUT2D eigenvalue weighted by atomic mass is 9.96. The quantitative estimate of drug-likeness (QED) is 0.578. The zero-order valence-corrected chi connectivity index (χ0v) is 16.2. The van der Waals surface area contributed by atoms with Crippen molar-refractivity contribution in [1.29, 1.82) is 0 Å². The summed E-state index contributed by atoms with van der Waals surface area (Å²) in [5, 5.41) is 10.5. The molecule has 2 aliphatic rings. The zero-order chi connectivity index (χ0) is 18.2. The van der Waals surface area contributed by atoms with Crippen molar-refractivity contribution in [3.63, 3.8) is 0 Å². The Balaban J connectivity index is 1.48. The topological polar surface area (TPSA) is 81.7 Å². The Morgan fingerprint density at radius 2 is 2.12 bits per heavy atom. The smallest absolute Gasteiger partial charge is 0.193 e. The SMILES string of the molecule is CCNC(=NCC(C)CN1CCOCC1)N1CCC(c2ncn[nH]2)CC1. The summed E-state index contributed by atoms with van der Waals surface area (Å²) in [4.78, 5) is 14.1. The number of aromatic amines is 1. The van der Waals surface area contributed by atoms with Gasteiger partial charge in [0.2, 0.25) is 0 Å². The lowest BCUT2D eigenvalue weighted by Crippen LogP contribution is -2.46. The summed E-state index contributed by atoms with van der Waals surface area (Å²) < 4.78 is 5.43. The van der Waals surface area contributed by atoms with Gasteiger partial charge >= 0.3 is 0 Å². The minimum Gasteiger partial charge on any atom is -0.379 e. The van der Waals surface area contributed by atoms with E-state index in [0.717, 1.165) is 83.7 Å². The Bertz CT molecular complexity index is 534. The van der Waals surface area contributed by atoms with Crippen LogP contribution in [0.5, 0.6) is 0 Å². The molecule has 1 atom stereocenters. The third kappa shape index (κ3) is 5.41. The van der Waals surface area contributed by atoms with Crippen LogP contribution < -0.4 is 5.32 Å². The van der Waals surface area contributed by atoms with E-state index in [1.54, 1.807) is 6.33 Å². The fourth-order valence-corrected chi connectivity index (χ4v) is 3.73. The molecule has 1 aromatic rings. The molecule has 2 N–H and O–H groups in total. The average molecular weight is 364 g/mol. The third-order valence-corrected chi connectivity index (χ3v) is 5.18. The van der Waals surface area contributed by atoms with Gasteiger partial charge in [-0.05, 0) is 25.7 Å². The van der Waals surface area contributed by atoms with Gasteiger partial charge in [0, 0.05) is 51.7 Å². The van der Waals surface area contributed by atoms with Crippen molar-refractivity contribution in [1.82, 2.24) is 30.3 Å². The molecule has 0 amide bonds. The van der Waals surface area contributed by atoms with Crippen LogP contribution in [-0.4, -0.2) is 90.0 Å². The highest BCUT2D eigenvalue weighted by atomic mass is 16.5. The first-order valence-electron chi connectivity index (χ1n) is 9.95. The monoisotopic (exact) mass is 363 g/mol. The Morgan fingerprint density at radius 1 is 1.35 bits per heavy atom. The summed E-state index contributed by atoms with van der Waals surface area (Å²) >= 11 is 0. The number of H-pyrrole nitrogens is 1. The number of hydrogen-bond donors (Lipinski definition) is 2. The summed E-state index contributed by atoms with van der Waals surface area (Å²) in [7, 11) is 0. The van der Waals surface area contributed by atoms with Crippen molar-refractivity contribution in [3.8, 4) is 0 Å². The van der Waals surface area contributed by atoms with Crippen LogP contribution in [0.1, 0.15) is 38.4 Å². The van der Waals surface area contributed by atoms with Gasteiger partial charge in [-0.3, -0.25) is 15.0 Å². The van der Waals surface area contributed by atoms with Crippen LogP contribution >= 0.6 is 0 Å². The van der Waals surface area contributed by atoms with E-state index in [4.69, 9.17) is 9.73 Å². The molecule has 3 heterocycles. The van der Waals surface area contributed by atoms with Gasteiger partial charge in [0.05, 0.1) is 13.2 Å². The highest BCUT2D eigenvalue weighted by Crippen LogP contribution is 2.24. The van der Waals surface area contributed by atoms with Gasteiger partial charge in [-0.25, -0.2) is 4.98 Å². The predicted molar refractivity (Wildman–Crippen MR) is 102 cm³/mol. The first-order valence-corrected chi connectivity index (χ1v) is 9.95. The number of rotatable bonds is 6. The molecule has 0 spiro atoms. The number of likely N-dealkylation sites (tertiary alicyclic amines) is 1. The second-order valence-electron chi connectivity index (χ2n) is 7.34. The molecule has 0 radical (unpaired) electrons. The zero-order valence-electron chi connectivity index (χ0n) is 16.2. The second-order valence-corrected chi connectivity index (χ2v) is 7.34. The molecule has 2 fully saturated rings. The van der Waals surface area contributed by atoms with Crippen molar-refractivity contribution in [3.05, 3.63) is 12.2 Å². The molecular weight excluding hydrogens is 330 g/mol. The van der Waals surface area contributed by atoms with Gasteiger partial charge < -0.3 is 15.0 Å². The molecule has 1 unspecified atom stereocenters. The molecule has 2 saturated heterocycles. The van der Waals surface area contributed by atoms with E-state index in [9.17, 15) is 0 Å². The Morgan fingerprint density at radius 3 is 2.77 bits per heavy atom. The van der Waals surface area contributed by atoms with Crippen LogP contribution in [0.15, 0.2) is 11.3 Å². The number of piperidine rings is 1. The lowest BCUT2D eigenvalue weighted by molar-refractivity contribution is 0.0323. The molecule has 0 aromatic carbocycles. The number of morpholine rings is 1. The van der Waals surface area contributed by atoms with Crippen LogP contribution in [0.25, 0.3) is 0 Å². The van der Waals surface area contributed by atoms with Crippen LogP contribution in [0.3, 0.4) is 0 Å².